The van der Waals surface area contributed by atoms with Crippen molar-refractivity contribution >= 4 is 29.0 Å². The van der Waals surface area contributed by atoms with Crippen LogP contribution in [0.15, 0.2) is 23.2 Å². The van der Waals surface area contributed by atoms with E-state index in [2.05, 4.69) is 20.6 Å². The van der Waals surface area contributed by atoms with E-state index in [0.29, 0.717) is 0 Å². The number of nitro benzene ring substituents is 1. The van der Waals surface area contributed by atoms with Crippen LogP contribution in [0.2, 0.25) is 0 Å². The molecule has 1 unspecified atom stereocenters. The predicted octanol–water partition coefficient (Wildman–Crippen LogP) is 1.11. The van der Waals surface area contributed by atoms with E-state index in [1.165, 1.54) is 0 Å². The molecule has 12 heteroatoms. The fraction of sp³-hybridized carbons (Fsp3) is 0.0667. The highest BCUT2D eigenvalue weighted by molar-refractivity contribution is 5.98. The number of aromatic nitrogens is 1. The Bertz CT molecular complexity index is 1080. The number of nitrogens with one attached hydrogen (secondary N) is 2. The predicted molar refractivity (Wildman–Crippen MR) is 92.5 cm³/mol. The number of non-ortho nitro benzene ring substituents is 1. The molecule has 3 rings (SSSR count). The van der Waals surface area contributed by atoms with Gasteiger partial charge in [-0.2, -0.15) is 10.5 Å². The third kappa shape index (κ3) is 2.87. The van der Waals surface area contributed by atoms with Crippen molar-refractivity contribution in [1.82, 2.24) is 10.3 Å². The molecule has 1 aromatic carbocycles. The van der Waals surface area contributed by atoms with E-state index in [4.69, 9.17) is 16.7 Å². The van der Waals surface area contributed by atoms with Gasteiger partial charge in [0.05, 0.1) is 10.6 Å². The third-order valence-corrected chi connectivity index (χ3v) is 3.84. The number of nitrogens with zero attached hydrogens (tertiary/aromatic N) is 5. The van der Waals surface area contributed by atoms with Gasteiger partial charge < -0.3 is 16.8 Å². The summed E-state index contributed by atoms with van der Waals surface area (Å²) in [5, 5.41) is 34.0. The zero-order valence-corrected chi connectivity index (χ0v) is 13.4. The molecule has 0 amide bonds. The highest BCUT2D eigenvalue weighted by Crippen LogP contribution is 2.41. The van der Waals surface area contributed by atoms with Crippen LogP contribution in [0.4, 0.5) is 27.4 Å². The molecule has 1 aliphatic rings. The number of nitrogens with two attached hydrogens (primary N) is 2. The summed E-state index contributed by atoms with van der Waals surface area (Å²) < 4.78 is 14.5. The van der Waals surface area contributed by atoms with Gasteiger partial charge in [0.15, 0.2) is 6.19 Å². The van der Waals surface area contributed by atoms with Gasteiger partial charge in [0.1, 0.15) is 35.1 Å². The van der Waals surface area contributed by atoms with E-state index >= 15 is 0 Å². The molecule has 0 spiro atoms. The van der Waals surface area contributed by atoms with Crippen LogP contribution in [-0.4, -0.2) is 15.9 Å². The largest absolute Gasteiger partial charge is 0.397 e. The molecule has 2 heterocycles. The second kappa shape index (κ2) is 6.45. The number of anilines is 3. The maximum Gasteiger partial charge on any atom is 0.270 e. The topological polar surface area (TPSA) is 192 Å². The van der Waals surface area contributed by atoms with Gasteiger partial charge in [0.25, 0.3) is 5.69 Å². The fourth-order valence-corrected chi connectivity index (χ4v) is 2.66. The second-order valence-corrected chi connectivity index (χ2v) is 5.36. The molecule has 0 aliphatic carbocycles. The van der Waals surface area contributed by atoms with Gasteiger partial charge in [-0.05, 0) is 6.07 Å². The van der Waals surface area contributed by atoms with Crippen molar-refractivity contribution in [3.63, 3.8) is 0 Å². The van der Waals surface area contributed by atoms with Crippen LogP contribution in [0.3, 0.4) is 0 Å². The van der Waals surface area contributed by atoms with Crippen molar-refractivity contribution in [2.24, 2.45) is 4.99 Å². The number of hydrogen-bond donors (Lipinski definition) is 4. The summed E-state index contributed by atoms with van der Waals surface area (Å²) in [5.74, 6) is -0.990. The minimum atomic E-state index is -1.20. The van der Waals surface area contributed by atoms with Crippen molar-refractivity contribution in [2.45, 2.75) is 6.04 Å². The van der Waals surface area contributed by atoms with E-state index in [1.54, 1.807) is 6.19 Å². The van der Waals surface area contributed by atoms with Gasteiger partial charge in [0.2, 0.25) is 5.96 Å². The third-order valence-electron chi connectivity index (χ3n) is 3.84. The number of rotatable bonds is 2. The summed E-state index contributed by atoms with van der Waals surface area (Å²) in [6, 6.07) is 3.54. The Morgan fingerprint density at radius 1 is 1.37 bits per heavy atom. The molecule has 6 N–H and O–H groups in total. The van der Waals surface area contributed by atoms with Crippen LogP contribution < -0.4 is 22.1 Å². The normalized spacial score (nSPS) is 14.8. The number of nitrogen functional groups attached to an aromatic ring is 2. The van der Waals surface area contributed by atoms with Gasteiger partial charge >= 0.3 is 0 Å². The van der Waals surface area contributed by atoms with Crippen molar-refractivity contribution < 1.29 is 9.31 Å². The highest BCUT2D eigenvalue weighted by Gasteiger charge is 2.32. The Balaban J connectivity index is 2.30. The zero-order valence-electron chi connectivity index (χ0n) is 13.4. The molecule has 2 aromatic rings. The van der Waals surface area contributed by atoms with Crippen molar-refractivity contribution in [3.05, 3.63) is 50.8 Å². The van der Waals surface area contributed by atoms with Crippen LogP contribution in [0.5, 0.6) is 0 Å². The number of benzene rings is 1. The Hall–Kier alpha value is -4.45. The lowest BCUT2D eigenvalue weighted by atomic mass is 9.94. The first-order valence-electron chi connectivity index (χ1n) is 7.30. The summed E-state index contributed by atoms with van der Waals surface area (Å²) in [4.78, 5) is 18.5. The molecule has 0 saturated heterocycles. The van der Waals surface area contributed by atoms with E-state index < -0.39 is 16.8 Å². The molecule has 27 heavy (non-hydrogen) atoms. The molecular weight excluding hydrogens is 357 g/mol. The zero-order chi connectivity index (χ0) is 19.7. The first-order valence-corrected chi connectivity index (χ1v) is 7.30. The van der Waals surface area contributed by atoms with Crippen LogP contribution in [0, 0.1) is 38.7 Å². The number of aliphatic imine (C=N–C) groups is 1. The molecular formula is C15H10FN9O2. The molecule has 1 aliphatic heterocycles. The number of nitriles is 2. The summed E-state index contributed by atoms with van der Waals surface area (Å²) >= 11 is 0. The maximum absolute atomic E-state index is 14.5. The van der Waals surface area contributed by atoms with Gasteiger partial charge in [-0.15, -0.1) is 0 Å². The number of fused-ring (bicyclic) bond motifs is 1. The second-order valence-electron chi connectivity index (χ2n) is 5.36. The molecule has 134 valence electrons. The molecule has 0 fully saturated rings. The Kier molecular flexibility index (Phi) is 4.15. The summed E-state index contributed by atoms with van der Waals surface area (Å²) in [6.07, 6.45) is 1.65. The fourth-order valence-electron chi connectivity index (χ4n) is 2.66. The SMILES string of the molecule is N#CNC1=NC(c2cc([N+](=O)[O-])ccc2F)c2c(nc(N)c(C#N)c2N)N1. The van der Waals surface area contributed by atoms with Crippen LogP contribution in [-0.2, 0) is 0 Å². The number of nitro groups is 1. The van der Waals surface area contributed by atoms with Gasteiger partial charge in [-0.1, -0.05) is 0 Å². The average molecular weight is 367 g/mol. The number of pyridine rings is 1. The van der Waals surface area contributed by atoms with E-state index in [1.807, 2.05) is 6.07 Å². The minimum absolute atomic E-state index is 0.0488. The smallest absolute Gasteiger partial charge is 0.270 e. The van der Waals surface area contributed by atoms with E-state index in [9.17, 15) is 19.8 Å². The lowest BCUT2D eigenvalue weighted by Crippen LogP contribution is -2.33. The van der Waals surface area contributed by atoms with Crippen LogP contribution in [0.1, 0.15) is 22.7 Å². The molecule has 0 saturated carbocycles. The standard InChI is InChI=1S/C15H10FN9O2/c16-9-2-1-6(25(26)27)3-7(9)12-10-11(19)8(4-17)13(20)23-14(10)24-15(22-12)21-5-18/h1-3,12H,(H6,19,20,21,22,23,24). The minimum Gasteiger partial charge on any atom is -0.397 e. The van der Waals surface area contributed by atoms with Crippen LogP contribution >= 0.6 is 0 Å². The first-order chi connectivity index (χ1) is 12.9. The van der Waals surface area contributed by atoms with Gasteiger partial charge in [0, 0.05) is 23.3 Å². The molecule has 0 bridgehead atoms. The average Bonchev–Trinajstić information content (AvgIpc) is 2.61. The Labute approximate surface area is 150 Å². The van der Waals surface area contributed by atoms with Crippen molar-refractivity contribution in [3.8, 4) is 12.3 Å². The molecule has 1 aromatic heterocycles. The molecule has 0 radical (unpaired) electrons. The monoisotopic (exact) mass is 367 g/mol. The number of guanidine groups is 1. The molecule has 1 atom stereocenters. The lowest BCUT2D eigenvalue weighted by Gasteiger charge is -2.26. The number of halogens is 1. The quantitative estimate of drug-likeness (QED) is 0.260. The van der Waals surface area contributed by atoms with E-state index in [0.717, 1.165) is 18.2 Å². The van der Waals surface area contributed by atoms with Gasteiger partial charge in [-0.25, -0.2) is 14.4 Å². The van der Waals surface area contributed by atoms with Crippen LogP contribution in [0.25, 0.3) is 0 Å². The number of hydrogen-bond acceptors (Lipinski definition) is 10. The summed E-state index contributed by atoms with van der Waals surface area (Å²) in [7, 11) is 0. The maximum atomic E-state index is 14.5. The summed E-state index contributed by atoms with van der Waals surface area (Å²) in [5.41, 5.74) is 11.1. The Morgan fingerprint density at radius 2 is 2.11 bits per heavy atom. The highest BCUT2D eigenvalue weighted by atomic mass is 19.1. The molecule has 11 nitrogen and oxygen atoms in total. The Morgan fingerprint density at radius 3 is 2.74 bits per heavy atom. The summed E-state index contributed by atoms with van der Waals surface area (Å²) in [6.45, 7) is 0. The van der Waals surface area contributed by atoms with E-state index in [-0.39, 0.29) is 45.7 Å². The van der Waals surface area contributed by atoms with Crippen molar-refractivity contribution in [2.75, 3.05) is 16.8 Å². The first kappa shape index (κ1) is 17.4. The lowest BCUT2D eigenvalue weighted by molar-refractivity contribution is -0.385. The van der Waals surface area contributed by atoms with Crippen molar-refractivity contribution in [1.29, 1.82) is 10.5 Å². The van der Waals surface area contributed by atoms with Gasteiger partial charge in [-0.3, -0.25) is 15.4 Å².